The number of aliphatic carboxylic acids is 1. The Morgan fingerprint density at radius 3 is 2.26 bits per heavy atom. The van der Waals surface area contributed by atoms with Gasteiger partial charge >= 0.3 is 5.97 Å². The van der Waals surface area contributed by atoms with Crippen molar-refractivity contribution in [3.8, 4) is 11.3 Å². The number of fused-ring (bicyclic) bond motifs is 1. The third-order valence-corrected chi connectivity index (χ3v) is 7.89. The van der Waals surface area contributed by atoms with Crippen LogP contribution in [0.15, 0.2) is 94.5 Å². The average molecular weight is 561 g/mol. The SMILES string of the molecule is O=C(O)C(Cc1ccc(Nc2nc(-c3ccccc3)cc3ccccc23)cc1)Nc1c(N2CCCCCC2)c(=O)c1=O. The van der Waals surface area contributed by atoms with Gasteiger partial charge in [0.25, 0.3) is 10.9 Å². The Kier molecular flexibility index (Phi) is 7.68. The maximum Gasteiger partial charge on any atom is 0.326 e. The van der Waals surface area contributed by atoms with Gasteiger partial charge in [0.05, 0.1) is 5.69 Å². The lowest BCUT2D eigenvalue weighted by atomic mass is 10.0. The lowest BCUT2D eigenvalue weighted by molar-refractivity contribution is -0.137. The molecular formula is C34H32N4O4. The maximum atomic E-state index is 12.4. The molecule has 0 amide bonds. The zero-order valence-electron chi connectivity index (χ0n) is 23.2. The summed E-state index contributed by atoms with van der Waals surface area (Å²) >= 11 is 0. The third-order valence-electron chi connectivity index (χ3n) is 7.89. The number of carbonyl (C=O) groups is 1. The summed E-state index contributed by atoms with van der Waals surface area (Å²) in [7, 11) is 0. The molecule has 0 radical (unpaired) electrons. The number of rotatable bonds is 9. The van der Waals surface area contributed by atoms with Gasteiger partial charge in [0.1, 0.15) is 23.2 Å². The molecule has 8 nitrogen and oxygen atoms in total. The first kappa shape index (κ1) is 27.2. The van der Waals surface area contributed by atoms with Crippen LogP contribution in [0, 0.1) is 0 Å². The van der Waals surface area contributed by atoms with Gasteiger partial charge < -0.3 is 20.6 Å². The Labute approximate surface area is 243 Å². The second kappa shape index (κ2) is 11.9. The van der Waals surface area contributed by atoms with Gasteiger partial charge in [-0.25, -0.2) is 9.78 Å². The molecule has 8 heteroatoms. The molecular weight excluding hydrogens is 528 g/mol. The molecule has 0 saturated carbocycles. The monoisotopic (exact) mass is 560 g/mol. The molecule has 1 fully saturated rings. The van der Waals surface area contributed by atoms with Crippen LogP contribution in [0.2, 0.25) is 0 Å². The first-order valence-corrected chi connectivity index (χ1v) is 14.4. The Morgan fingerprint density at radius 2 is 1.55 bits per heavy atom. The van der Waals surface area contributed by atoms with Crippen LogP contribution in [-0.4, -0.2) is 35.2 Å². The topological polar surface area (TPSA) is 112 Å². The lowest BCUT2D eigenvalue weighted by Crippen LogP contribution is -2.46. The van der Waals surface area contributed by atoms with E-state index in [1.54, 1.807) is 0 Å². The van der Waals surface area contributed by atoms with Crippen molar-refractivity contribution in [2.24, 2.45) is 0 Å². The van der Waals surface area contributed by atoms with Crippen molar-refractivity contribution in [3.63, 3.8) is 0 Å². The number of hydrogen-bond acceptors (Lipinski definition) is 7. The molecule has 5 aromatic rings. The standard InChI is InChI=1S/C34H32N4O4/c39-31-29(30(32(31)40)38-18-8-1-2-9-19-38)36-28(34(41)42)20-22-14-16-25(17-15-22)35-33-26-13-7-6-12-24(26)21-27(37-33)23-10-4-3-5-11-23/h3-7,10-17,21,28,36H,1-2,8-9,18-20H2,(H,35,37)(H,41,42). The number of anilines is 4. The van der Waals surface area contributed by atoms with Crippen molar-refractivity contribution >= 4 is 39.6 Å². The summed E-state index contributed by atoms with van der Waals surface area (Å²) in [5, 5.41) is 18.3. The zero-order chi connectivity index (χ0) is 29.1. The van der Waals surface area contributed by atoms with Crippen molar-refractivity contribution in [2.75, 3.05) is 28.6 Å². The van der Waals surface area contributed by atoms with E-state index in [9.17, 15) is 19.5 Å². The smallest absolute Gasteiger partial charge is 0.326 e. The molecule has 3 N–H and O–H groups in total. The Hall–Kier alpha value is -4.98. The number of aromatic nitrogens is 1. The number of pyridine rings is 1. The summed E-state index contributed by atoms with van der Waals surface area (Å²) in [6.07, 6.45) is 4.22. The van der Waals surface area contributed by atoms with E-state index in [1.165, 1.54) is 0 Å². The van der Waals surface area contributed by atoms with Gasteiger partial charge in [-0.1, -0.05) is 79.6 Å². The van der Waals surface area contributed by atoms with Crippen molar-refractivity contribution in [2.45, 2.75) is 38.1 Å². The highest BCUT2D eigenvalue weighted by atomic mass is 16.4. The minimum atomic E-state index is -1.08. The predicted octanol–water partition coefficient (Wildman–Crippen LogP) is 5.73. The van der Waals surface area contributed by atoms with E-state index in [0.29, 0.717) is 18.8 Å². The van der Waals surface area contributed by atoms with Crippen LogP contribution >= 0.6 is 0 Å². The van der Waals surface area contributed by atoms with E-state index in [2.05, 4.69) is 22.8 Å². The molecule has 0 spiro atoms. The van der Waals surface area contributed by atoms with Crippen molar-refractivity contribution in [3.05, 3.63) is 111 Å². The molecule has 1 aliphatic heterocycles. The Morgan fingerprint density at radius 1 is 0.857 bits per heavy atom. The molecule has 1 unspecified atom stereocenters. The fraction of sp³-hybridized carbons (Fsp3) is 0.235. The summed E-state index contributed by atoms with van der Waals surface area (Å²) in [6.45, 7) is 1.40. The summed E-state index contributed by atoms with van der Waals surface area (Å²) < 4.78 is 0. The zero-order valence-corrected chi connectivity index (χ0v) is 23.2. The molecule has 0 aliphatic carbocycles. The van der Waals surface area contributed by atoms with Gasteiger partial charge in [-0.2, -0.15) is 0 Å². The summed E-state index contributed by atoms with van der Waals surface area (Å²) in [4.78, 5) is 43.9. The number of hydrogen-bond donors (Lipinski definition) is 3. The second-order valence-corrected chi connectivity index (χ2v) is 10.8. The Balaban J connectivity index is 1.20. The molecule has 212 valence electrons. The van der Waals surface area contributed by atoms with Crippen molar-refractivity contribution in [1.29, 1.82) is 0 Å². The van der Waals surface area contributed by atoms with E-state index >= 15 is 0 Å². The van der Waals surface area contributed by atoms with Crippen LogP contribution in [0.4, 0.5) is 22.9 Å². The molecule has 0 bridgehead atoms. The van der Waals surface area contributed by atoms with Crippen LogP contribution in [0.5, 0.6) is 0 Å². The first-order chi connectivity index (χ1) is 20.5. The van der Waals surface area contributed by atoms with Gasteiger partial charge in [-0.15, -0.1) is 0 Å². The molecule has 42 heavy (non-hydrogen) atoms. The van der Waals surface area contributed by atoms with Crippen LogP contribution in [0.3, 0.4) is 0 Å². The van der Waals surface area contributed by atoms with Gasteiger partial charge in [-0.05, 0) is 42.0 Å². The summed E-state index contributed by atoms with van der Waals surface area (Å²) in [5.74, 6) is -0.355. The molecule has 1 atom stereocenters. The highest BCUT2D eigenvalue weighted by Crippen LogP contribution is 2.30. The number of carboxylic acids is 1. The molecule has 1 aromatic heterocycles. The number of benzene rings is 3. The summed E-state index contributed by atoms with van der Waals surface area (Å²) in [6, 6.07) is 26.6. The lowest BCUT2D eigenvalue weighted by Gasteiger charge is -2.27. The quantitative estimate of drug-likeness (QED) is 0.196. The predicted molar refractivity (Wildman–Crippen MR) is 168 cm³/mol. The highest BCUT2D eigenvalue weighted by Gasteiger charge is 2.30. The number of nitrogens with one attached hydrogen (secondary N) is 2. The van der Waals surface area contributed by atoms with Gasteiger partial charge in [0.2, 0.25) is 0 Å². The van der Waals surface area contributed by atoms with Gasteiger partial charge in [-0.3, -0.25) is 9.59 Å². The van der Waals surface area contributed by atoms with Crippen LogP contribution in [-0.2, 0) is 11.2 Å². The van der Waals surface area contributed by atoms with Crippen molar-refractivity contribution < 1.29 is 9.90 Å². The largest absolute Gasteiger partial charge is 0.480 e. The van der Waals surface area contributed by atoms with Gasteiger partial charge in [0.15, 0.2) is 0 Å². The van der Waals surface area contributed by atoms with Crippen LogP contribution in [0.25, 0.3) is 22.0 Å². The number of nitrogens with zero attached hydrogens (tertiary/aromatic N) is 2. The minimum Gasteiger partial charge on any atom is -0.480 e. The Bertz CT molecular complexity index is 1790. The van der Waals surface area contributed by atoms with Crippen LogP contribution < -0.4 is 26.4 Å². The molecule has 6 rings (SSSR count). The van der Waals surface area contributed by atoms with Gasteiger partial charge in [0, 0.05) is 36.1 Å². The third kappa shape index (κ3) is 5.61. The maximum absolute atomic E-state index is 12.4. The highest BCUT2D eigenvalue weighted by molar-refractivity contribution is 5.96. The first-order valence-electron chi connectivity index (χ1n) is 14.4. The molecule has 1 saturated heterocycles. The second-order valence-electron chi connectivity index (χ2n) is 10.8. The summed E-state index contributed by atoms with van der Waals surface area (Å²) in [5.41, 5.74) is 2.78. The average Bonchev–Trinajstić information content (AvgIpc) is 3.30. The normalized spacial score (nSPS) is 14.4. The molecule has 1 aliphatic rings. The number of carboxylic acid groups (broad SMARTS) is 1. The minimum absolute atomic E-state index is 0.129. The fourth-order valence-corrected chi connectivity index (χ4v) is 5.63. The van der Waals surface area contributed by atoms with E-state index in [1.807, 2.05) is 77.7 Å². The van der Waals surface area contributed by atoms with E-state index in [0.717, 1.165) is 64.8 Å². The molecule has 2 heterocycles. The fourth-order valence-electron chi connectivity index (χ4n) is 5.63. The van der Waals surface area contributed by atoms with E-state index < -0.39 is 22.9 Å². The van der Waals surface area contributed by atoms with E-state index in [4.69, 9.17) is 4.98 Å². The van der Waals surface area contributed by atoms with Crippen molar-refractivity contribution in [1.82, 2.24) is 4.98 Å². The molecule has 4 aromatic carbocycles. The van der Waals surface area contributed by atoms with E-state index in [-0.39, 0.29) is 12.1 Å². The van der Waals surface area contributed by atoms with Crippen LogP contribution in [0.1, 0.15) is 31.2 Å².